The predicted octanol–water partition coefficient (Wildman–Crippen LogP) is 4.18. The molecule has 1 aromatic carbocycles. The van der Waals surface area contributed by atoms with Crippen molar-refractivity contribution in [2.45, 2.75) is 39.3 Å². The molecule has 114 valence electrons. The van der Waals surface area contributed by atoms with E-state index in [-0.39, 0.29) is 6.04 Å². The summed E-state index contributed by atoms with van der Waals surface area (Å²) in [6.07, 6.45) is 3.06. The number of hydrogen-bond acceptors (Lipinski definition) is 4. The molecular formula is C17H25N3S. The van der Waals surface area contributed by atoms with Gasteiger partial charge in [-0.25, -0.2) is 4.98 Å². The van der Waals surface area contributed by atoms with Gasteiger partial charge in [-0.05, 0) is 38.0 Å². The summed E-state index contributed by atoms with van der Waals surface area (Å²) in [6, 6.07) is 9.30. The highest BCUT2D eigenvalue weighted by Gasteiger charge is 2.14. The number of nitrogens with one attached hydrogen (secondary N) is 1. The Morgan fingerprint density at radius 2 is 1.81 bits per heavy atom. The molecule has 4 heteroatoms. The number of nitrogens with zero attached hydrogens (tertiary/aromatic N) is 2. The van der Waals surface area contributed by atoms with E-state index in [1.807, 2.05) is 6.20 Å². The number of anilines is 1. The zero-order chi connectivity index (χ0) is 15.4. The largest absolute Gasteiger partial charge is 0.378 e. The maximum absolute atomic E-state index is 4.52. The molecular weight excluding hydrogens is 278 g/mol. The molecule has 2 atom stereocenters. The van der Waals surface area contributed by atoms with Gasteiger partial charge in [0.2, 0.25) is 0 Å². The third-order valence-electron chi connectivity index (χ3n) is 3.70. The SMILES string of the molecule is CCc1cnc(C(C)NC(C)c2ccc(N(C)C)cc2)s1. The topological polar surface area (TPSA) is 28.2 Å². The maximum Gasteiger partial charge on any atom is 0.109 e. The third-order valence-corrected chi connectivity index (χ3v) is 5.02. The van der Waals surface area contributed by atoms with Gasteiger partial charge in [-0.1, -0.05) is 19.1 Å². The zero-order valence-corrected chi connectivity index (χ0v) is 14.4. The van der Waals surface area contributed by atoms with E-state index >= 15 is 0 Å². The first-order chi connectivity index (χ1) is 10.0. The summed E-state index contributed by atoms with van der Waals surface area (Å²) in [4.78, 5) is 7.99. The van der Waals surface area contributed by atoms with Crippen molar-refractivity contribution in [1.29, 1.82) is 0 Å². The molecule has 0 spiro atoms. The molecule has 1 N–H and O–H groups in total. The van der Waals surface area contributed by atoms with Crippen LogP contribution in [0.25, 0.3) is 0 Å². The van der Waals surface area contributed by atoms with Crippen molar-refractivity contribution in [3.8, 4) is 0 Å². The van der Waals surface area contributed by atoms with E-state index in [4.69, 9.17) is 0 Å². The smallest absolute Gasteiger partial charge is 0.109 e. The molecule has 1 aromatic heterocycles. The molecule has 2 unspecified atom stereocenters. The lowest BCUT2D eigenvalue weighted by Crippen LogP contribution is -2.22. The minimum absolute atomic E-state index is 0.277. The second-order valence-electron chi connectivity index (χ2n) is 5.61. The number of rotatable bonds is 6. The van der Waals surface area contributed by atoms with Crippen molar-refractivity contribution in [3.63, 3.8) is 0 Å². The highest BCUT2D eigenvalue weighted by molar-refractivity contribution is 7.11. The molecule has 0 aliphatic rings. The lowest BCUT2D eigenvalue weighted by Gasteiger charge is -2.20. The van der Waals surface area contributed by atoms with E-state index < -0.39 is 0 Å². The van der Waals surface area contributed by atoms with Crippen molar-refractivity contribution < 1.29 is 0 Å². The fraction of sp³-hybridized carbons (Fsp3) is 0.471. The van der Waals surface area contributed by atoms with E-state index in [0.717, 1.165) is 6.42 Å². The Hall–Kier alpha value is -1.39. The van der Waals surface area contributed by atoms with Gasteiger partial charge in [0.1, 0.15) is 5.01 Å². The molecule has 0 amide bonds. The summed E-state index contributed by atoms with van der Waals surface area (Å²) in [5.74, 6) is 0. The number of hydrogen-bond donors (Lipinski definition) is 1. The summed E-state index contributed by atoms with van der Waals surface area (Å²) < 4.78 is 0. The van der Waals surface area contributed by atoms with Gasteiger partial charge in [-0.3, -0.25) is 0 Å². The van der Waals surface area contributed by atoms with E-state index in [0.29, 0.717) is 6.04 Å². The van der Waals surface area contributed by atoms with Gasteiger partial charge in [-0.2, -0.15) is 0 Å². The van der Waals surface area contributed by atoms with Crippen LogP contribution in [-0.2, 0) is 6.42 Å². The van der Waals surface area contributed by atoms with Gasteiger partial charge < -0.3 is 10.2 Å². The summed E-state index contributed by atoms with van der Waals surface area (Å²) in [5, 5.41) is 4.80. The Morgan fingerprint density at radius 3 is 2.33 bits per heavy atom. The van der Waals surface area contributed by atoms with Crippen LogP contribution in [0.3, 0.4) is 0 Å². The van der Waals surface area contributed by atoms with Gasteiger partial charge in [-0.15, -0.1) is 11.3 Å². The first-order valence-corrected chi connectivity index (χ1v) is 8.30. The average molecular weight is 303 g/mol. The van der Waals surface area contributed by atoms with E-state index in [9.17, 15) is 0 Å². The molecule has 0 aliphatic carbocycles. The van der Waals surface area contributed by atoms with Gasteiger partial charge in [0.25, 0.3) is 0 Å². The Labute approximate surface area is 132 Å². The van der Waals surface area contributed by atoms with Crippen LogP contribution >= 0.6 is 11.3 Å². The van der Waals surface area contributed by atoms with Gasteiger partial charge in [0, 0.05) is 36.9 Å². The number of aromatic nitrogens is 1. The van der Waals surface area contributed by atoms with Crippen LogP contribution in [0.15, 0.2) is 30.5 Å². The van der Waals surface area contributed by atoms with Crippen LogP contribution in [0.1, 0.15) is 48.3 Å². The number of benzene rings is 1. The Morgan fingerprint density at radius 1 is 1.14 bits per heavy atom. The molecule has 0 saturated carbocycles. The van der Waals surface area contributed by atoms with Crippen LogP contribution in [0.4, 0.5) is 5.69 Å². The molecule has 2 aromatic rings. The molecule has 0 radical (unpaired) electrons. The lowest BCUT2D eigenvalue weighted by atomic mass is 10.1. The first kappa shape index (κ1) is 16.0. The molecule has 2 rings (SSSR count). The average Bonchev–Trinajstić information content (AvgIpc) is 2.96. The van der Waals surface area contributed by atoms with Crippen molar-refractivity contribution in [2.75, 3.05) is 19.0 Å². The lowest BCUT2D eigenvalue weighted by molar-refractivity contribution is 0.493. The van der Waals surface area contributed by atoms with Crippen LogP contribution in [0.5, 0.6) is 0 Å². The zero-order valence-electron chi connectivity index (χ0n) is 13.6. The Bertz CT molecular complexity index is 560. The van der Waals surface area contributed by atoms with Gasteiger partial charge in [0.15, 0.2) is 0 Å². The monoisotopic (exact) mass is 303 g/mol. The first-order valence-electron chi connectivity index (χ1n) is 7.49. The second-order valence-corrected chi connectivity index (χ2v) is 6.76. The molecule has 0 aliphatic heterocycles. The second kappa shape index (κ2) is 7.05. The van der Waals surface area contributed by atoms with Gasteiger partial charge >= 0.3 is 0 Å². The molecule has 0 bridgehead atoms. The van der Waals surface area contributed by atoms with Crippen LogP contribution in [-0.4, -0.2) is 19.1 Å². The van der Waals surface area contributed by atoms with Crippen molar-refractivity contribution in [1.82, 2.24) is 10.3 Å². The maximum atomic E-state index is 4.52. The number of aryl methyl sites for hydroxylation is 1. The highest BCUT2D eigenvalue weighted by atomic mass is 32.1. The fourth-order valence-electron chi connectivity index (χ4n) is 2.29. The normalized spacial score (nSPS) is 14.0. The van der Waals surface area contributed by atoms with Crippen molar-refractivity contribution >= 4 is 17.0 Å². The third kappa shape index (κ3) is 4.05. The number of thiazole rings is 1. The molecule has 0 fully saturated rings. The molecule has 1 heterocycles. The van der Waals surface area contributed by atoms with Crippen molar-refractivity contribution in [2.24, 2.45) is 0 Å². The minimum atomic E-state index is 0.277. The van der Waals surface area contributed by atoms with E-state index in [2.05, 4.69) is 74.3 Å². The summed E-state index contributed by atoms with van der Waals surface area (Å²) in [7, 11) is 4.12. The van der Waals surface area contributed by atoms with Crippen molar-refractivity contribution in [3.05, 3.63) is 45.9 Å². The standard InChI is InChI=1S/C17H25N3S/c1-6-16-11-18-17(21-16)13(3)19-12(2)14-7-9-15(10-8-14)20(4)5/h7-13,19H,6H2,1-5H3. The summed E-state index contributed by atoms with van der Waals surface area (Å²) >= 11 is 1.80. The van der Waals surface area contributed by atoms with Gasteiger partial charge in [0.05, 0.1) is 6.04 Å². The summed E-state index contributed by atoms with van der Waals surface area (Å²) in [6.45, 7) is 6.56. The Balaban J connectivity index is 2.01. The molecule has 3 nitrogen and oxygen atoms in total. The minimum Gasteiger partial charge on any atom is -0.378 e. The van der Waals surface area contributed by atoms with Crippen LogP contribution < -0.4 is 10.2 Å². The van der Waals surface area contributed by atoms with E-state index in [1.54, 1.807) is 11.3 Å². The highest BCUT2D eigenvalue weighted by Crippen LogP contribution is 2.24. The predicted molar refractivity (Wildman–Crippen MR) is 92.2 cm³/mol. The Kier molecular flexibility index (Phi) is 5.37. The summed E-state index contributed by atoms with van der Waals surface area (Å²) in [5.41, 5.74) is 2.53. The molecule has 21 heavy (non-hydrogen) atoms. The quantitative estimate of drug-likeness (QED) is 0.867. The van der Waals surface area contributed by atoms with E-state index in [1.165, 1.54) is 21.1 Å². The fourth-order valence-corrected chi connectivity index (χ4v) is 3.16. The van der Waals surface area contributed by atoms with Crippen LogP contribution in [0.2, 0.25) is 0 Å². The molecule has 0 saturated heterocycles. The van der Waals surface area contributed by atoms with Crippen LogP contribution in [0, 0.1) is 0 Å².